The van der Waals surface area contributed by atoms with Gasteiger partial charge in [0.1, 0.15) is 23.0 Å². The summed E-state index contributed by atoms with van der Waals surface area (Å²) in [6.07, 6.45) is 0.477. The van der Waals surface area contributed by atoms with Gasteiger partial charge in [0.25, 0.3) is 0 Å². The molecule has 0 saturated carbocycles. The molecule has 0 radical (unpaired) electrons. The van der Waals surface area contributed by atoms with E-state index >= 15 is 0 Å². The van der Waals surface area contributed by atoms with Crippen LogP contribution >= 0.6 is 0 Å². The second-order valence-corrected chi connectivity index (χ2v) is 9.97. The van der Waals surface area contributed by atoms with Gasteiger partial charge in [-0.1, -0.05) is 33.6 Å². The molecule has 4 rings (SSSR count). The Balaban J connectivity index is 1.94. The maximum absolute atomic E-state index is 11.6. The van der Waals surface area contributed by atoms with E-state index in [-0.39, 0.29) is 11.5 Å². The molecule has 1 fully saturated rings. The van der Waals surface area contributed by atoms with Crippen molar-refractivity contribution in [2.24, 2.45) is 0 Å². The van der Waals surface area contributed by atoms with Gasteiger partial charge in [-0.3, -0.25) is 4.68 Å². The van der Waals surface area contributed by atoms with E-state index in [0.717, 1.165) is 23.2 Å². The summed E-state index contributed by atoms with van der Waals surface area (Å²) in [5.74, 6) is 8.01. The smallest absolute Gasteiger partial charge is 0.407 e. The lowest BCUT2D eigenvalue weighted by Crippen LogP contribution is -2.27. The summed E-state index contributed by atoms with van der Waals surface area (Å²) >= 11 is 0. The summed E-state index contributed by atoms with van der Waals surface area (Å²) < 4.78 is 12.7. The number of hydrogen-bond acceptors (Lipinski definition) is 6. The molecule has 9 nitrogen and oxygen atoms in total. The van der Waals surface area contributed by atoms with Crippen LogP contribution in [0.1, 0.15) is 62.7 Å². The topological polar surface area (TPSA) is 116 Å². The number of methoxy groups -OCH3 is 2. The van der Waals surface area contributed by atoms with Crippen molar-refractivity contribution in [3.05, 3.63) is 40.7 Å². The molecule has 1 aromatic carbocycles. The van der Waals surface area contributed by atoms with Crippen LogP contribution in [0.25, 0.3) is 10.9 Å². The highest BCUT2D eigenvalue weighted by Gasteiger charge is 2.32. The molecule has 1 aliphatic heterocycles. The van der Waals surface area contributed by atoms with Gasteiger partial charge in [0.15, 0.2) is 0 Å². The molecule has 2 aromatic heterocycles. The number of carbonyl (C=O) groups is 1. The number of hydrogen-bond donors (Lipinski definition) is 2. The predicted octanol–water partition coefficient (Wildman–Crippen LogP) is 4.22. The van der Waals surface area contributed by atoms with Crippen LogP contribution < -0.4 is 15.2 Å². The largest absolute Gasteiger partial charge is 0.497 e. The minimum Gasteiger partial charge on any atom is -0.497 e. The van der Waals surface area contributed by atoms with Gasteiger partial charge in [0.05, 0.1) is 36.9 Å². The number of rotatable bonds is 4. The van der Waals surface area contributed by atoms with Gasteiger partial charge in [0.2, 0.25) is 0 Å². The van der Waals surface area contributed by atoms with Gasteiger partial charge >= 0.3 is 6.09 Å². The van der Waals surface area contributed by atoms with Crippen molar-refractivity contribution in [3.63, 3.8) is 0 Å². The van der Waals surface area contributed by atoms with Crippen molar-refractivity contribution in [3.8, 4) is 23.3 Å². The minimum absolute atomic E-state index is 0.115. The molecule has 1 saturated heterocycles. The molecular weight excluding hydrogens is 458 g/mol. The van der Waals surface area contributed by atoms with Crippen LogP contribution in [0.4, 0.5) is 10.6 Å². The Morgan fingerprint density at radius 3 is 2.39 bits per heavy atom. The van der Waals surface area contributed by atoms with E-state index in [1.54, 1.807) is 20.3 Å². The van der Waals surface area contributed by atoms with Gasteiger partial charge in [-0.2, -0.15) is 5.10 Å². The molecule has 3 N–H and O–H groups in total. The Hall–Kier alpha value is -3.93. The fraction of sp³-hybridized carbons (Fsp3) is 0.444. The molecule has 0 spiro atoms. The van der Waals surface area contributed by atoms with Crippen molar-refractivity contribution < 1.29 is 19.4 Å². The third kappa shape index (κ3) is 4.63. The number of nitrogens with zero attached hydrogens (tertiary/aromatic N) is 4. The van der Waals surface area contributed by atoms with Crippen molar-refractivity contribution in [1.82, 2.24) is 19.7 Å². The number of nitrogens with two attached hydrogens (primary N) is 1. The van der Waals surface area contributed by atoms with E-state index in [2.05, 4.69) is 39.5 Å². The number of aromatic nitrogens is 3. The molecule has 1 amide bonds. The van der Waals surface area contributed by atoms with Crippen molar-refractivity contribution in [2.45, 2.75) is 52.0 Å². The first-order valence-electron chi connectivity index (χ1n) is 12.0. The number of amides is 1. The summed E-state index contributed by atoms with van der Waals surface area (Å²) in [5, 5.41) is 15.1. The van der Waals surface area contributed by atoms with E-state index in [9.17, 15) is 9.90 Å². The Kier molecular flexibility index (Phi) is 6.72. The molecule has 3 heterocycles. The van der Waals surface area contributed by atoms with Crippen LogP contribution in [-0.2, 0) is 11.8 Å². The zero-order valence-corrected chi connectivity index (χ0v) is 21.7. The van der Waals surface area contributed by atoms with E-state index in [1.165, 1.54) is 4.90 Å². The lowest BCUT2D eigenvalue weighted by atomic mass is 9.86. The van der Waals surface area contributed by atoms with Crippen LogP contribution in [0, 0.1) is 11.8 Å². The van der Waals surface area contributed by atoms with E-state index in [4.69, 9.17) is 25.3 Å². The number of pyridine rings is 1. The summed E-state index contributed by atoms with van der Waals surface area (Å²) in [6, 6.07) is 5.32. The second kappa shape index (κ2) is 9.61. The van der Waals surface area contributed by atoms with E-state index in [0.29, 0.717) is 53.5 Å². The summed E-state index contributed by atoms with van der Waals surface area (Å²) in [6.45, 7) is 9.24. The Morgan fingerprint density at radius 1 is 1.19 bits per heavy atom. The number of anilines is 1. The highest BCUT2D eigenvalue weighted by atomic mass is 16.5. The third-order valence-electron chi connectivity index (χ3n) is 6.49. The summed E-state index contributed by atoms with van der Waals surface area (Å²) in [4.78, 5) is 17.8. The number of likely N-dealkylation sites (tertiary alicyclic amines) is 1. The maximum atomic E-state index is 11.6. The predicted molar refractivity (Wildman–Crippen MR) is 139 cm³/mol. The van der Waals surface area contributed by atoms with Crippen LogP contribution in [-0.4, -0.2) is 58.2 Å². The maximum Gasteiger partial charge on any atom is 0.407 e. The number of benzene rings is 1. The van der Waals surface area contributed by atoms with Crippen LogP contribution in [0.2, 0.25) is 0 Å². The standard InChI is InChI=1S/C27H33N5O4/c1-7-20-23-22(25(28)29-24(20)27(2,3)4)21(30-32(23)17-10-11-31(15-17)26(33)34)9-8-16-12-18(35-5)14-19(13-16)36-6/h12-14,17H,7,10-11,15H2,1-6H3,(H2,28,29)(H,33,34)/t17-/m0/s1. The molecule has 36 heavy (non-hydrogen) atoms. The number of ether oxygens (including phenoxy) is 2. The number of nitrogen functional groups attached to an aromatic ring is 1. The van der Waals surface area contributed by atoms with Crippen LogP contribution in [0.5, 0.6) is 11.5 Å². The van der Waals surface area contributed by atoms with Crippen molar-refractivity contribution >= 4 is 22.8 Å². The third-order valence-corrected chi connectivity index (χ3v) is 6.49. The molecule has 1 atom stereocenters. The molecule has 9 heteroatoms. The summed E-state index contributed by atoms with van der Waals surface area (Å²) in [5.41, 5.74) is 10.4. The molecule has 0 unspecified atom stereocenters. The van der Waals surface area contributed by atoms with Gasteiger partial charge in [-0.25, -0.2) is 9.78 Å². The fourth-order valence-corrected chi connectivity index (χ4v) is 4.76. The zero-order chi connectivity index (χ0) is 26.2. The average molecular weight is 492 g/mol. The molecule has 3 aromatic rings. The minimum atomic E-state index is -0.923. The molecular formula is C27H33N5O4. The van der Waals surface area contributed by atoms with Crippen molar-refractivity contribution in [1.29, 1.82) is 0 Å². The van der Waals surface area contributed by atoms with E-state index in [1.807, 2.05) is 16.8 Å². The Morgan fingerprint density at radius 2 is 1.86 bits per heavy atom. The molecule has 1 aliphatic rings. The van der Waals surface area contributed by atoms with Gasteiger partial charge in [-0.05, 0) is 30.9 Å². The Bertz CT molecular complexity index is 1350. The Labute approximate surface area is 211 Å². The summed E-state index contributed by atoms with van der Waals surface area (Å²) in [7, 11) is 3.18. The number of fused-ring (bicyclic) bond motifs is 1. The lowest BCUT2D eigenvalue weighted by molar-refractivity contribution is 0.154. The number of aryl methyl sites for hydroxylation is 1. The molecule has 190 valence electrons. The van der Waals surface area contributed by atoms with Crippen LogP contribution in [0.15, 0.2) is 18.2 Å². The van der Waals surface area contributed by atoms with Crippen molar-refractivity contribution in [2.75, 3.05) is 33.0 Å². The first-order valence-corrected chi connectivity index (χ1v) is 12.0. The highest BCUT2D eigenvalue weighted by molar-refractivity contribution is 5.96. The molecule has 0 aliphatic carbocycles. The first kappa shape index (κ1) is 25.2. The first-order chi connectivity index (χ1) is 17.1. The normalized spacial score (nSPS) is 15.6. The second-order valence-electron chi connectivity index (χ2n) is 9.97. The highest BCUT2D eigenvalue weighted by Crippen LogP contribution is 2.37. The average Bonchev–Trinajstić information content (AvgIpc) is 3.47. The lowest BCUT2D eigenvalue weighted by Gasteiger charge is -2.24. The van der Waals surface area contributed by atoms with Gasteiger partial charge < -0.3 is 25.2 Å². The van der Waals surface area contributed by atoms with Gasteiger partial charge in [0, 0.05) is 35.7 Å². The van der Waals surface area contributed by atoms with E-state index < -0.39 is 6.09 Å². The monoisotopic (exact) mass is 491 g/mol. The zero-order valence-electron chi connectivity index (χ0n) is 21.7. The number of carboxylic acid groups (broad SMARTS) is 1. The SMILES string of the molecule is CCc1c(C(C)(C)C)nc(N)c2c(C#Cc3cc(OC)cc(OC)c3)nn([C@H]3CCN(C(=O)O)C3)c12. The van der Waals surface area contributed by atoms with Gasteiger partial charge in [-0.15, -0.1) is 0 Å². The fourth-order valence-electron chi connectivity index (χ4n) is 4.76. The molecule has 0 bridgehead atoms. The van der Waals surface area contributed by atoms with Crippen LogP contribution in [0.3, 0.4) is 0 Å². The quantitative estimate of drug-likeness (QED) is 0.525.